The number of hydrogen-bond acceptors (Lipinski definition) is 3. The Bertz CT molecular complexity index is 804. The van der Waals surface area contributed by atoms with Gasteiger partial charge in [0.1, 0.15) is 6.04 Å². The van der Waals surface area contributed by atoms with Crippen LogP contribution in [0.2, 0.25) is 0 Å². The number of carbonyl (C=O) groups is 2. The summed E-state index contributed by atoms with van der Waals surface area (Å²) < 4.78 is 32.5. The third-order valence-electron chi connectivity index (χ3n) is 4.31. The van der Waals surface area contributed by atoms with Crippen molar-refractivity contribution in [2.24, 2.45) is 0 Å². The van der Waals surface area contributed by atoms with Gasteiger partial charge in [0.2, 0.25) is 5.91 Å². The first-order valence-corrected chi connectivity index (χ1v) is 8.17. The van der Waals surface area contributed by atoms with Crippen molar-refractivity contribution in [1.29, 1.82) is 0 Å². The highest BCUT2D eigenvalue weighted by Gasteiger charge is 2.34. The minimum Gasteiger partial charge on any atom is -0.491 e. The number of rotatable bonds is 4. The third-order valence-corrected chi connectivity index (χ3v) is 4.31. The van der Waals surface area contributed by atoms with E-state index in [1.807, 2.05) is 30.3 Å². The zero-order chi connectivity index (χ0) is 18.7. The van der Waals surface area contributed by atoms with E-state index >= 15 is 0 Å². The van der Waals surface area contributed by atoms with E-state index in [1.165, 1.54) is 4.90 Å². The molecule has 1 N–H and O–H groups in total. The second kappa shape index (κ2) is 7.51. The van der Waals surface area contributed by atoms with Gasteiger partial charge in [0.15, 0.2) is 17.4 Å². The van der Waals surface area contributed by atoms with Gasteiger partial charge < -0.3 is 15.0 Å². The molecule has 1 saturated heterocycles. The van der Waals surface area contributed by atoms with Crippen LogP contribution in [0, 0.1) is 11.6 Å². The first-order valence-electron chi connectivity index (χ1n) is 8.17. The third kappa shape index (κ3) is 3.51. The smallest absolute Gasteiger partial charge is 0.254 e. The second-order valence-corrected chi connectivity index (χ2v) is 5.97. The van der Waals surface area contributed by atoms with Gasteiger partial charge in [-0.2, -0.15) is 0 Å². The molecule has 0 unspecified atom stereocenters. The van der Waals surface area contributed by atoms with Crippen LogP contribution in [0.25, 0.3) is 0 Å². The number of methoxy groups -OCH3 is 1. The van der Waals surface area contributed by atoms with E-state index in [1.54, 1.807) is 0 Å². The SMILES string of the molecule is COc1c(F)cc(C(=O)N2CCNC(=O)[C@@H]2Cc2ccccc2)cc1F. The largest absolute Gasteiger partial charge is 0.491 e. The first-order chi connectivity index (χ1) is 12.5. The van der Waals surface area contributed by atoms with Gasteiger partial charge in [0.05, 0.1) is 7.11 Å². The van der Waals surface area contributed by atoms with Gasteiger partial charge >= 0.3 is 0 Å². The standard InChI is InChI=1S/C19H18F2N2O3/c1-26-17-14(20)10-13(11-15(17)21)19(25)23-8-7-22-18(24)16(23)9-12-5-3-2-4-6-12/h2-6,10-11,16H,7-9H2,1H3,(H,22,24)/t16-/m0/s1. The maximum atomic E-state index is 13.9. The lowest BCUT2D eigenvalue weighted by molar-refractivity contribution is -0.127. The normalized spacial score (nSPS) is 17.0. The number of hydrogen-bond donors (Lipinski definition) is 1. The lowest BCUT2D eigenvalue weighted by atomic mass is 10.0. The average Bonchev–Trinajstić information content (AvgIpc) is 2.63. The second-order valence-electron chi connectivity index (χ2n) is 5.97. The molecule has 26 heavy (non-hydrogen) atoms. The van der Waals surface area contributed by atoms with Crippen LogP contribution in [0.5, 0.6) is 5.75 Å². The molecule has 5 nitrogen and oxygen atoms in total. The van der Waals surface area contributed by atoms with Crippen molar-refractivity contribution in [1.82, 2.24) is 10.2 Å². The van der Waals surface area contributed by atoms with E-state index in [0.717, 1.165) is 24.8 Å². The minimum atomic E-state index is -0.961. The van der Waals surface area contributed by atoms with Gasteiger partial charge in [0.25, 0.3) is 5.91 Å². The van der Waals surface area contributed by atoms with E-state index in [4.69, 9.17) is 0 Å². The Kier molecular flexibility index (Phi) is 5.16. The summed E-state index contributed by atoms with van der Waals surface area (Å²) in [6.45, 7) is 0.550. The fourth-order valence-electron chi connectivity index (χ4n) is 3.04. The number of carbonyl (C=O) groups excluding carboxylic acids is 2. The number of benzene rings is 2. The number of ether oxygens (including phenoxy) is 1. The highest BCUT2D eigenvalue weighted by Crippen LogP contribution is 2.24. The molecule has 1 aliphatic rings. The maximum Gasteiger partial charge on any atom is 0.254 e. The van der Waals surface area contributed by atoms with Crippen molar-refractivity contribution < 1.29 is 23.1 Å². The molecule has 7 heteroatoms. The molecule has 0 aromatic heterocycles. The van der Waals surface area contributed by atoms with Gasteiger partial charge in [-0.1, -0.05) is 30.3 Å². The summed E-state index contributed by atoms with van der Waals surface area (Å²) >= 11 is 0. The molecule has 3 rings (SSSR count). The van der Waals surface area contributed by atoms with Crippen LogP contribution in [0.3, 0.4) is 0 Å². The number of amides is 2. The molecule has 2 aromatic carbocycles. The number of nitrogens with one attached hydrogen (secondary N) is 1. The summed E-state index contributed by atoms with van der Waals surface area (Å²) in [7, 11) is 1.15. The maximum absolute atomic E-state index is 13.9. The molecule has 0 aliphatic carbocycles. The summed E-state index contributed by atoms with van der Waals surface area (Å²) in [4.78, 5) is 26.5. The Hall–Kier alpha value is -2.96. The van der Waals surface area contributed by atoms with Crippen LogP contribution in [0.4, 0.5) is 8.78 Å². The van der Waals surface area contributed by atoms with Crippen LogP contribution in [0.1, 0.15) is 15.9 Å². The molecular weight excluding hydrogens is 342 g/mol. The molecule has 0 radical (unpaired) electrons. The lowest BCUT2D eigenvalue weighted by Crippen LogP contribution is -2.58. The summed E-state index contributed by atoms with van der Waals surface area (Å²) in [6, 6.07) is 10.4. The van der Waals surface area contributed by atoms with E-state index < -0.39 is 29.3 Å². The van der Waals surface area contributed by atoms with Crippen LogP contribution in [-0.4, -0.2) is 43.0 Å². The van der Waals surface area contributed by atoms with Gasteiger partial charge in [-0.3, -0.25) is 9.59 Å². The Morgan fingerprint density at radius 3 is 2.50 bits per heavy atom. The Balaban J connectivity index is 1.89. The van der Waals surface area contributed by atoms with Crippen molar-refractivity contribution in [2.45, 2.75) is 12.5 Å². The topological polar surface area (TPSA) is 58.6 Å². The fourth-order valence-corrected chi connectivity index (χ4v) is 3.04. The summed E-state index contributed by atoms with van der Waals surface area (Å²) in [6.07, 6.45) is 0.319. The van der Waals surface area contributed by atoms with E-state index in [-0.39, 0.29) is 24.6 Å². The van der Waals surface area contributed by atoms with Gasteiger partial charge in [-0.25, -0.2) is 8.78 Å². The number of piperazine rings is 1. The highest BCUT2D eigenvalue weighted by molar-refractivity contribution is 5.98. The van der Waals surface area contributed by atoms with Crippen molar-refractivity contribution in [3.8, 4) is 5.75 Å². The van der Waals surface area contributed by atoms with Crippen molar-refractivity contribution >= 4 is 11.8 Å². The quantitative estimate of drug-likeness (QED) is 0.909. The van der Waals surface area contributed by atoms with Gasteiger partial charge in [-0.05, 0) is 17.7 Å². The summed E-state index contributed by atoms with van der Waals surface area (Å²) in [5.41, 5.74) is 0.730. The first kappa shape index (κ1) is 17.8. The van der Waals surface area contributed by atoms with Crippen molar-refractivity contribution in [2.75, 3.05) is 20.2 Å². The van der Waals surface area contributed by atoms with Crippen molar-refractivity contribution in [3.05, 3.63) is 65.2 Å². The molecule has 1 heterocycles. The summed E-state index contributed by atoms with van der Waals surface area (Å²) in [5, 5.41) is 2.73. The predicted octanol–water partition coefficient (Wildman–Crippen LogP) is 2.16. The molecule has 1 atom stereocenters. The number of halogens is 2. The van der Waals surface area contributed by atoms with Crippen molar-refractivity contribution in [3.63, 3.8) is 0 Å². The Morgan fingerprint density at radius 1 is 1.23 bits per heavy atom. The van der Waals surface area contributed by atoms with Crippen LogP contribution >= 0.6 is 0 Å². The summed E-state index contributed by atoms with van der Waals surface area (Å²) in [5.74, 6) is -3.35. The van der Waals surface area contributed by atoms with Gasteiger partial charge in [0, 0.05) is 25.1 Å². The molecule has 1 fully saturated rings. The molecule has 2 amide bonds. The van der Waals surface area contributed by atoms with Crippen LogP contribution in [0.15, 0.2) is 42.5 Å². The molecule has 0 bridgehead atoms. The van der Waals surface area contributed by atoms with Gasteiger partial charge in [-0.15, -0.1) is 0 Å². The van der Waals surface area contributed by atoms with E-state index in [0.29, 0.717) is 6.42 Å². The average molecular weight is 360 g/mol. The number of nitrogens with zero attached hydrogens (tertiary/aromatic N) is 1. The van der Waals surface area contributed by atoms with E-state index in [9.17, 15) is 18.4 Å². The molecule has 0 saturated carbocycles. The van der Waals surface area contributed by atoms with E-state index in [2.05, 4.69) is 10.1 Å². The Labute approximate surface area is 149 Å². The zero-order valence-electron chi connectivity index (χ0n) is 14.2. The predicted molar refractivity (Wildman–Crippen MR) is 90.9 cm³/mol. The van der Waals surface area contributed by atoms with Crippen LogP contribution in [-0.2, 0) is 11.2 Å². The molecule has 0 spiro atoms. The molecule has 136 valence electrons. The molecule has 2 aromatic rings. The lowest BCUT2D eigenvalue weighted by Gasteiger charge is -2.35. The highest BCUT2D eigenvalue weighted by atomic mass is 19.1. The molecular formula is C19H18F2N2O3. The zero-order valence-corrected chi connectivity index (χ0v) is 14.2. The minimum absolute atomic E-state index is 0.159. The Morgan fingerprint density at radius 2 is 1.88 bits per heavy atom. The van der Waals surface area contributed by atoms with Crippen LogP contribution < -0.4 is 10.1 Å². The fraction of sp³-hybridized carbons (Fsp3) is 0.263. The monoisotopic (exact) mass is 360 g/mol. The molecule has 1 aliphatic heterocycles.